The first kappa shape index (κ1) is 13.6. The SMILES string of the molecule is C#CCCC(NCC)c1cccc(Br)c1Cl. The molecule has 0 aliphatic heterocycles. The molecule has 0 aliphatic rings. The zero-order valence-corrected chi connectivity index (χ0v) is 11.6. The Morgan fingerprint density at radius 1 is 1.56 bits per heavy atom. The Kier molecular flexibility index (Phi) is 5.90. The van der Waals surface area contributed by atoms with E-state index in [4.69, 9.17) is 18.0 Å². The molecule has 1 nitrogen and oxygen atoms in total. The van der Waals surface area contributed by atoms with Gasteiger partial charge in [-0.1, -0.05) is 30.7 Å². The molecule has 0 saturated heterocycles. The van der Waals surface area contributed by atoms with Gasteiger partial charge in [-0.2, -0.15) is 0 Å². The molecular formula is C13H15BrClN. The van der Waals surface area contributed by atoms with E-state index in [1.54, 1.807) is 0 Å². The van der Waals surface area contributed by atoms with Gasteiger partial charge in [0.15, 0.2) is 0 Å². The summed E-state index contributed by atoms with van der Waals surface area (Å²) in [5.74, 6) is 2.67. The van der Waals surface area contributed by atoms with Crippen molar-refractivity contribution in [3.05, 3.63) is 33.3 Å². The van der Waals surface area contributed by atoms with Crippen molar-refractivity contribution >= 4 is 27.5 Å². The molecule has 1 aromatic carbocycles. The van der Waals surface area contributed by atoms with Crippen LogP contribution in [0, 0.1) is 12.3 Å². The van der Waals surface area contributed by atoms with Crippen LogP contribution in [0.5, 0.6) is 0 Å². The summed E-state index contributed by atoms with van der Waals surface area (Å²) in [6, 6.07) is 6.20. The molecule has 3 heteroatoms. The molecule has 16 heavy (non-hydrogen) atoms. The van der Waals surface area contributed by atoms with Gasteiger partial charge in [0.1, 0.15) is 0 Å². The van der Waals surface area contributed by atoms with E-state index in [1.165, 1.54) is 0 Å². The predicted octanol–water partition coefficient (Wildman–Crippen LogP) is 4.17. The first-order valence-corrected chi connectivity index (χ1v) is 6.48. The molecular weight excluding hydrogens is 286 g/mol. The van der Waals surface area contributed by atoms with Gasteiger partial charge in [-0.25, -0.2) is 0 Å². The number of hydrogen-bond donors (Lipinski definition) is 1. The fourth-order valence-electron chi connectivity index (χ4n) is 1.63. The summed E-state index contributed by atoms with van der Waals surface area (Å²) in [5, 5.41) is 4.17. The lowest BCUT2D eigenvalue weighted by Crippen LogP contribution is -2.21. The van der Waals surface area contributed by atoms with Crippen LogP contribution in [0.2, 0.25) is 5.02 Å². The first-order chi connectivity index (χ1) is 7.70. The van der Waals surface area contributed by atoms with Crippen LogP contribution in [-0.4, -0.2) is 6.54 Å². The molecule has 0 bridgehead atoms. The zero-order valence-electron chi connectivity index (χ0n) is 9.26. The predicted molar refractivity (Wildman–Crippen MR) is 73.6 cm³/mol. The molecule has 0 spiro atoms. The molecule has 1 aromatic rings. The number of terminal acetylenes is 1. The summed E-state index contributed by atoms with van der Waals surface area (Å²) in [5.41, 5.74) is 1.10. The summed E-state index contributed by atoms with van der Waals surface area (Å²) in [7, 11) is 0. The number of nitrogens with one attached hydrogen (secondary N) is 1. The molecule has 1 N–H and O–H groups in total. The van der Waals surface area contributed by atoms with Crippen molar-refractivity contribution < 1.29 is 0 Å². The van der Waals surface area contributed by atoms with Crippen molar-refractivity contribution in [3.8, 4) is 12.3 Å². The smallest absolute Gasteiger partial charge is 0.0595 e. The molecule has 0 aliphatic carbocycles. The van der Waals surface area contributed by atoms with Gasteiger partial charge in [-0.3, -0.25) is 0 Å². The summed E-state index contributed by atoms with van der Waals surface area (Å²) < 4.78 is 0.926. The Morgan fingerprint density at radius 2 is 2.31 bits per heavy atom. The normalized spacial score (nSPS) is 12.1. The lowest BCUT2D eigenvalue weighted by Gasteiger charge is -2.19. The van der Waals surface area contributed by atoms with Crippen LogP contribution in [0.3, 0.4) is 0 Å². The van der Waals surface area contributed by atoms with Crippen molar-refractivity contribution in [2.75, 3.05) is 6.54 Å². The molecule has 0 radical (unpaired) electrons. The lowest BCUT2D eigenvalue weighted by atomic mass is 10.0. The van der Waals surface area contributed by atoms with Crippen molar-refractivity contribution in [1.82, 2.24) is 5.32 Å². The Hall–Kier alpha value is -0.490. The van der Waals surface area contributed by atoms with Crippen LogP contribution in [0.25, 0.3) is 0 Å². The van der Waals surface area contributed by atoms with Crippen molar-refractivity contribution in [1.29, 1.82) is 0 Å². The molecule has 1 atom stereocenters. The van der Waals surface area contributed by atoms with Crippen molar-refractivity contribution in [2.24, 2.45) is 0 Å². The molecule has 0 heterocycles. The number of hydrogen-bond acceptors (Lipinski definition) is 1. The number of rotatable bonds is 5. The highest BCUT2D eigenvalue weighted by Gasteiger charge is 2.14. The third-order valence-electron chi connectivity index (χ3n) is 2.38. The Morgan fingerprint density at radius 3 is 2.94 bits per heavy atom. The van der Waals surface area contributed by atoms with E-state index in [-0.39, 0.29) is 6.04 Å². The van der Waals surface area contributed by atoms with E-state index < -0.39 is 0 Å². The Balaban J connectivity index is 2.92. The minimum atomic E-state index is 0.228. The third-order valence-corrected chi connectivity index (χ3v) is 3.70. The van der Waals surface area contributed by atoms with Crippen LogP contribution in [0.15, 0.2) is 22.7 Å². The van der Waals surface area contributed by atoms with Gasteiger partial charge in [0.05, 0.1) is 5.02 Å². The zero-order chi connectivity index (χ0) is 12.0. The van der Waals surface area contributed by atoms with E-state index >= 15 is 0 Å². The molecule has 0 fully saturated rings. The van der Waals surface area contributed by atoms with Gasteiger partial charge < -0.3 is 5.32 Å². The van der Waals surface area contributed by atoms with Gasteiger partial charge in [0, 0.05) is 16.9 Å². The van der Waals surface area contributed by atoms with E-state index in [9.17, 15) is 0 Å². The molecule has 0 amide bonds. The minimum absolute atomic E-state index is 0.228. The highest BCUT2D eigenvalue weighted by atomic mass is 79.9. The fourth-order valence-corrected chi connectivity index (χ4v) is 2.27. The molecule has 0 aromatic heterocycles. The minimum Gasteiger partial charge on any atom is -0.310 e. The summed E-state index contributed by atoms with van der Waals surface area (Å²) in [4.78, 5) is 0. The van der Waals surface area contributed by atoms with Crippen LogP contribution in [0.4, 0.5) is 0 Å². The third kappa shape index (κ3) is 3.52. The Labute approximate surface area is 111 Å². The first-order valence-electron chi connectivity index (χ1n) is 5.31. The standard InChI is InChI=1S/C13H15BrClN/c1-3-5-9-12(16-4-2)10-7-6-8-11(14)13(10)15/h1,6-8,12,16H,4-5,9H2,2H3. The van der Waals surface area contributed by atoms with Gasteiger partial charge in [0.25, 0.3) is 0 Å². The molecule has 0 saturated carbocycles. The molecule has 86 valence electrons. The highest BCUT2D eigenvalue weighted by Crippen LogP contribution is 2.31. The number of benzene rings is 1. The summed E-state index contributed by atoms with van der Waals surface area (Å²) >= 11 is 9.70. The van der Waals surface area contributed by atoms with E-state index in [0.717, 1.165) is 34.4 Å². The van der Waals surface area contributed by atoms with Crippen molar-refractivity contribution in [3.63, 3.8) is 0 Å². The molecule has 1 rings (SSSR count). The van der Waals surface area contributed by atoms with Gasteiger partial charge in [-0.15, -0.1) is 12.3 Å². The van der Waals surface area contributed by atoms with Crippen LogP contribution in [-0.2, 0) is 0 Å². The topological polar surface area (TPSA) is 12.0 Å². The van der Waals surface area contributed by atoms with Crippen LogP contribution < -0.4 is 5.32 Å². The molecule has 1 unspecified atom stereocenters. The van der Waals surface area contributed by atoms with Crippen LogP contribution >= 0.6 is 27.5 Å². The second-order valence-corrected chi connectivity index (χ2v) is 4.73. The summed E-state index contributed by atoms with van der Waals surface area (Å²) in [6.07, 6.45) is 6.95. The average molecular weight is 301 g/mol. The van der Waals surface area contributed by atoms with E-state index in [0.29, 0.717) is 0 Å². The van der Waals surface area contributed by atoms with Crippen molar-refractivity contribution in [2.45, 2.75) is 25.8 Å². The maximum Gasteiger partial charge on any atom is 0.0595 e. The van der Waals surface area contributed by atoms with E-state index in [2.05, 4.69) is 34.1 Å². The largest absolute Gasteiger partial charge is 0.310 e. The monoisotopic (exact) mass is 299 g/mol. The highest BCUT2D eigenvalue weighted by molar-refractivity contribution is 9.10. The van der Waals surface area contributed by atoms with Gasteiger partial charge in [0.2, 0.25) is 0 Å². The maximum absolute atomic E-state index is 6.26. The Bertz CT molecular complexity index is 384. The maximum atomic E-state index is 6.26. The fraction of sp³-hybridized carbons (Fsp3) is 0.385. The number of halogens is 2. The average Bonchev–Trinajstić information content (AvgIpc) is 2.28. The lowest BCUT2D eigenvalue weighted by molar-refractivity contribution is 0.522. The van der Waals surface area contributed by atoms with Gasteiger partial charge >= 0.3 is 0 Å². The van der Waals surface area contributed by atoms with Gasteiger partial charge in [-0.05, 0) is 40.5 Å². The second-order valence-electron chi connectivity index (χ2n) is 3.50. The quantitative estimate of drug-likeness (QED) is 0.805. The summed E-state index contributed by atoms with van der Waals surface area (Å²) in [6.45, 7) is 2.98. The second kappa shape index (κ2) is 6.96. The van der Waals surface area contributed by atoms with E-state index in [1.807, 2.05) is 18.2 Å². The van der Waals surface area contributed by atoms with Crippen LogP contribution in [0.1, 0.15) is 31.4 Å².